The van der Waals surface area contributed by atoms with E-state index in [0.717, 1.165) is 51.4 Å². The molecule has 0 radical (unpaired) electrons. The molecule has 294 valence electrons. The molecule has 0 aliphatic rings. The summed E-state index contributed by atoms with van der Waals surface area (Å²) in [4.78, 5) is 34.7. The van der Waals surface area contributed by atoms with E-state index in [1.54, 1.807) is 0 Å². The van der Waals surface area contributed by atoms with Crippen molar-refractivity contribution in [3.63, 3.8) is 0 Å². The lowest BCUT2D eigenvalue weighted by Crippen LogP contribution is -2.29. The average molecular weight is 754 g/mol. The van der Waals surface area contributed by atoms with Crippen LogP contribution in [0.5, 0.6) is 0 Å². The summed E-state index contributed by atoms with van der Waals surface area (Å²) in [6, 6.07) is 0. The highest BCUT2D eigenvalue weighted by molar-refractivity contribution is 7.47. The predicted octanol–water partition coefficient (Wildman–Crippen LogP) is 10.4. The van der Waals surface area contributed by atoms with Gasteiger partial charge in [0, 0.05) is 19.4 Å². The van der Waals surface area contributed by atoms with E-state index in [4.69, 9.17) is 24.3 Å². The molecular weight excluding hydrogens is 689 g/mol. The molecular formula is C43H64NO8P. The van der Waals surface area contributed by atoms with E-state index >= 15 is 0 Å². The van der Waals surface area contributed by atoms with Crippen LogP contribution in [0.1, 0.15) is 90.9 Å². The molecule has 0 saturated carbocycles. The maximum absolute atomic E-state index is 12.5. The summed E-state index contributed by atoms with van der Waals surface area (Å²) in [5, 5.41) is 0. The second-order valence-electron chi connectivity index (χ2n) is 11.6. The van der Waals surface area contributed by atoms with Crippen LogP contribution in [0.15, 0.2) is 134 Å². The van der Waals surface area contributed by atoms with Gasteiger partial charge < -0.3 is 20.1 Å². The molecule has 0 fully saturated rings. The number of hydrogen-bond acceptors (Lipinski definition) is 8. The van der Waals surface area contributed by atoms with Crippen LogP contribution >= 0.6 is 7.82 Å². The maximum Gasteiger partial charge on any atom is 0.472 e. The topological polar surface area (TPSA) is 134 Å². The van der Waals surface area contributed by atoms with Crippen LogP contribution < -0.4 is 5.73 Å². The minimum Gasteiger partial charge on any atom is -0.462 e. The minimum atomic E-state index is -4.41. The Labute approximate surface area is 319 Å². The van der Waals surface area contributed by atoms with Gasteiger partial charge >= 0.3 is 19.8 Å². The van der Waals surface area contributed by atoms with Crippen molar-refractivity contribution < 1.29 is 37.6 Å². The average Bonchev–Trinajstić information content (AvgIpc) is 3.14. The summed E-state index contributed by atoms with van der Waals surface area (Å²) < 4.78 is 32.6. The Bertz CT molecular complexity index is 1320. The Balaban J connectivity index is 4.44. The second kappa shape index (κ2) is 37.9. The zero-order valence-corrected chi connectivity index (χ0v) is 32.8. The molecule has 53 heavy (non-hydrogen) atoms. The second-order valence-corrected chi connectivity index (χ2v) is 13.1. The highest BCUT2D eigenvalue weighted by Crippen LogP contribution is 2.43. The normalized spacial score (nSPS) is 14.9. The maximum atomic E-state index is 12.5. The summed E-state index contributed by atoms with van der Waals surface area (Å²) in [7, 11) is -4.41. The number of phosphoric acid groups is 1. The first kappa shape index (κ1) is 49.1. The molecule has 0 aromatic heterocycles. The number of rotatable bonds is 32. The highest BCUT2D eigenvalue weighted by Gasteiger charge is 2.25. The molecule has 0 aliphatic heterocycles. The Morgan fingerprint density at radius 1 is 0.566 bits per heavy atom. The first-order valence-electron chi connectivity index (χ1n) is 18.8. The van der Waals surface area contributed by atoms with Gasteiger partial charge in [-0.3, -0.25) is 18.6 Å². The number of esters is 2. The van der Waals surface area contributed by atoms with Crippen LogP contribution in [0.3, 0.4) is 0 Å². The van der Waals surface area contributed by atoms with Crippen LogP contribution in [-0.2, 0) is 32.7 Å². The van der Waals surface area contributed by atoms with Gasteiger partial charge in [0.15, 0.2) is 6.10 Å². The Kier molecular flexibility index (Phi) is 35.1. The van der Waals surface area contributed by atoms with Crippen LogP contribution in [0, 0.1) is 0 Å². The molecule has 0 aromatic rings. The number of nitrogens with two attached hydrogens (primary N) is 1. The molecule has 9 nitrogen and oxygen atoms in total. The molecule has 0 aromatic carbocycles. The van der Waals surface area contributed by atoms with Crippen molar-refractivity contribution in [2.45, 2.75) is 97.0 Å². The van der Waals surface area contributed by atoms with Crippen molar-refractivity contribution >= 4 is 19.8 Å². The van der Waals surface area contributed by atoms with Crippen LogP contribution in [0.4, 0.5) is 0 Å². The SMILES string of the molecule is CC/C=C/C=C/C=C/C=C/C=C/C=C/C=C/CCCCCC(=O)OCC(COP(=O)(O)OCCN)OC(=O)CCCCC/C=C/C=C/C=C/C=C/CC. The molecule has 2 atom stereocenters. The number of carbonyl (C=O) groups is 2. The van der Waals surface area contributed by atoms with Gasteiger partial charge in [-0.25, -0.2) is 4.57 Å². The molecule has 0 aliphatic carbocycles. The van der Waals surface area contributed by atoms with E-state index in [2.05, 4.69) is 38.2 Å². The molecule has 3 N–H and O–H groups in total. The van der Waals surface area contributed by atoms with E-state index < -0.39 is 32.5 Å². The molecule has 0 amide bonds. The molecule has 0 bridgehead atoms. The van der Waals surface area contributed by atoms with Crippen molar-refractivity contribution in [1.82, 2.24) is 0 Å². The largest absolute Gasteiger partial charge is 0.472 e. The van der Waals surface area contributed by atoms with Gasteiger partial charge in [0.1, 0.15) is 6.61 Å². The summed E-state index contributed by atoms with van der Waals surface area (Å²) in [5.74, 6) is -0.948. The first-order valence-corrected chi connectivity index (χ1v) is 20.3. The molecule has 0 saturated heterocycles. The van der Waals surface area contributed by atoms with E-state index in [9.17, 15) is 19.0 Å². The fourth-order valence-electron chi connectivity index (χ4n) is 4.10. The van der Waals surface area contributed by atoms with Crippen LogP contribution in [0.25, 0.3) is 0 Å². The van der Waals surface area contributed by atoms with E-state index in [-0.39, 0.29) is 32.6 Å². The summed E-state index contributed by atoms with van der Waals surface area (Å²) >= 11 is 0. The summed E-state index contributed by atoms with van der Waals surface area (Å²) in [6.07, 6.45) is 52.0. The third-order valence-electron chi connectivity index (χ3n) is 6.82. The first-order chi connectivity index (χ1) is 25.8. The van der Waals surface area contributed by atoms with Crippen molar-refractivity contribution in [3.05, 3.63) is 134 Å². The quantitative estimate of drug-likeness (QED) is 0.0298. The van der Waals surface area contributed by atoms with Gasteiger partial charge in [0.25, 0.3) is 0 Å². The van der Waals surface area contributed by atoms with Crippen molar-refractivity contribution in [3.8, 4) is 0 Å². The lowest BCUT2D eigenvalue weighted by Gasteiger charge is -2.19. The van der Waals surface area contributed by atoms with Crippen molar-refractivity contribution in [2.75, 3.05) is 26.4 Å². The zero-order valence-electron chi connectivity index (χ0n) is 31.9. The number of phosphoric ester groups is 1. The summed E-state index contributed by atoms with van der Waals surface area (Å²) in [6.45, 7) is 3.28. The fourth-order valence-corrected chi connectivity index (χ4v) is 4.86. The Morgan fingerprint density at radius 3 is 1.42 bits per heavy atom. The monoisotopic (exact) mass is 753 g/mol. The van der Waals surface area contributed by atoms with Crippen molar-refractivity contribution in [1.29, 1.82) is 0 Å². The van der Waals surface area contributed by atoms with Gasteiger partial charge in [0.05, 0.1) is 13.2 Å². The Hall–Kier alpha value is -3.85. The molecule has 2 unspecified atom stereocenters. The number of hydrogen-bond donors (Lipinski definition) is 2. The fraction of sp³-hybridized carbons (Fsp3) is 0.442. The number of ether oxygens (including phenoxy) is 2. The summed E-state index contributed by atoms with van der Waals surface area (Å²) in [5.41, 5.74) is 5.32. The van der Waals surface area contributed by atoms with E-state index in [1.165, 1.54) is 0 Å². The third kappa shape index (κ3) is 37.7. The van der Waals surface area contributed by atoms with Crippen LogP contribution in [-0.4, -0.2) is 49.3 Å². The van der Waals surface area contributed by atoms with Gasteiger partial charge in [-0.15, -0.1) is 0 Å². The van der Waals surface area contributed by atoms with Gasteiger partial charge in [-0.05, 0) is 51.4 Å². The lowest BCUT2D eigenvalue weighted by molar-refractivity contribution is -0.161. The molecule has 0 rings (SSSR count). The highest BCUT2D eigenvalue weighted by atomic mass is 31.2. The third-order valence-corrected chi connectivity index (χ3v) is 7.81. The molecule has 10 heteroatoms. The number of carbonyl (C=O) groups excluding carboxylic acids is 2. The molecule has 0 heterocycles. The van der Waals surface area contributed by atoms with Gasteiger partial charge in [0.2, 0.25) is 0 Å². The lowest BCUT2D eigenvalue weighted by atomic mass is 10.1. The van der Waals surface area contributed by atoms with Crippen molar-refractivity contribution in [2.24, 2.45) is 5.73 Å². The Morgan fingerprint density at radius 2 is 0.981 bits per heavy atom. The van der Waals surface area contributed by atoms with Gasteiger partial charge in [-0.2, -0.15) is 0 Å². The standard InChI is InChI=1S/C43H64NO8P/c1-3-5-7-9-11-13-15-17-18-19-20-21-22-24-25-27-29-31-33-35-42(45)49-39-41(40-51-53(47,48)50-38-37-44)52-43(46)36-34-32-30-28-26-23-16-14-12-10-8-6-4-2/h5-26,41H,3-4,27-40,44H2,1-2H3,(H,47,48)/b7-5+,8-6+,11-9+,12-10+,15-13+,16-14+,18-17+,20-19+,22-21+,25-24+,26-23+. The molecule has 0 spiro atoms. The van der Waals surface area contributed by atoms with Crippen LogP contribution in [0.2, 0.25) is 0 Å². The zero-order chi connectivity index (χ0) is 38.9. The minimum absolute atomic E-state index is 0.0305. The van der Waals surface area contributed by atoms with E-state index in [1.807, 2.05) is 109 Å². The number of allylic oxidation sites excluding steroid dienone is 22. The number of unbranched alkanes of at least 4 members (excludes halogenated alkanes) is 6. The van der Waals surface area contributed by atoms with E-state index in [0.29, 0.717) is 12.8 Å². The predicted molar refractivity (Wildman–Crippen MR) is 219 cm³/mol. The smallest absolute Gasteiger partial charge is 0.462 e. The van der Waals surface area contributed by atoms with Gasteiger partial charge in [-0.1, -0.05) is 160 Å².